The molecule has 2 atom stereocenters. The summed E-state index contributed by atoms with van der Waals surface area (Å²) in [7, 11) is 0. The molecule has 1 aliphatic rings. The van der Waals surface area contributed by atoms with E-state index in [2.05, 4.69) is 33.4 Å². The van der Waals surface area contributed by atoms with Gasteiger partial charge in [0.2, 0.25) is 5.90 Å². The molecule has 0 spiro atoms. The van der Waals surface area contributed by atoms with Crippen LogP contribution in [-0.4, -0.2) is 35.7 Å². The van der Waals surface area contributed by atoms with Gasteiger partial charge in [-0.25, -0.2) is 14.8 Å². The van der Waals surface area contributed by atoms with Crippen molar-refractivity contribution in [3.8, 4) is 5.75 Å². The van der Waals surface area contributed by atoms with Crippen molar-refractivity contribution in [2.75, 3.05) is 13.2 Å². The second-order valence-corrected chi connectivity index (χ2v) is 9.59. The van der Waals surface area contributed by atoms with Gasteiger partial charge in [-0.2, -0.15) is 0 Å². The van der Waals surface area contributed by atoms with Gasteiger partial charge in [-0.05, 0) is 48.0 Å². The minimum atomic E-state index is -1.34. The van der Waals surface area contributed by atoms with Crippen LogP contribution in [0.1, 0.15) is 35.6 Å². The molecule has 38 heavy (non-hydrogen) atoms. The fourth-order valence-corrected chi connectivity index (χ4v) is 4.63. The van der Waals surface area contributed by atoms with Crippen molar-refractivity contribution >= 4 is 27.7 Å². The van der Waals surface area contributed by atoms with E-state index < -0.39 is 11.6 Å². The topological polar surface area (TPSA) is 92.2 Å². The van der Waals surface area contributed by atoms with Crippen LogP contribution in [0.4, 0.5) is 4.39 Å². The van der Waals surface area contributed by atoms with E-state index in [1.54, 1.807) is 30.3 Å². The number of aliphatic imine (C=N–C) groups is 1. The van der Waals surface area contributed by atoms with Crippen molar-refractivity contribution in [3.63, 3.8) is 0 Å². The van der Waals surface area contributed by atoms with Gasteiger partial charge in [-0.15, -0.1) is 6.58 Å². The first-order chi connectivity index (χ1) is 18.5. The van der Waals surface area contributed by atoms with Gasteiger partial charge in [0.15, 0.2) is 11.6 Å². The molecule has 7 nitrogen and oxygen atoms in total. The number of rotatable bonds is 12. The van der Waals surface area contributed by atoms with Crippen LogP contribution in [0.3, 0.4) is 0 Å². The maximum atomic E-state index is 13.8. The molecule has 1 aliphatic heterocycles. The first-order valence-electron chi connectivity index (χ1n) is 12.2. The lowest BCUT2D eigenvalue weighted by atomic mass is 9.84. The van der Waals surface area contributed by atoms with Gasteiger partial charge in [0.25, 0.3) is 5.91 Å². The van der Waals surface area contributed by atoms with Crippen molar-refractivity contribution < 1.29 is 23.8 Å². The Morgan fingerprint density at radius 2 is 1.89 bits per heavy atom. The van der Waals surface area contributed by atoms with Crippen LogP contribution in [0.2, 0.25) is 0 Å². The highest BCUT2D eigenvalue weighted by molar-refractivity contribution is 9.10. The molecule has 1 heterocycles. The third kappa shape index (κ3) is 6.30. The fraction of sp³-hybridized carbons (Fsp3) is 0.241. The van der Waals surface area contributed by atoms with E-state index in [1.807, 2.05) is 36.4 Å². The molecule has 3 aromatic carbocycles. The number of aliphatic hydroxyl groups excluding tert-OH is 1. The van der Waals surface area contributed by atoms with Crippen molar-refractivity contribution in [2.45, 2.75) is 31.0 Å². The molecule has 0 unspecified atom stereocenters. The number of carbonyl (C=O) groups excluding carboxylic acids is 1. The lowest BCUT2D eigenvalue weighted by molar-refractivity contribution is -0.130. The highest BCUT2D eigenvalue weighted by atomic mass is 79.9. The summed E-state index contributed by atoms with van der Waals surface area (Å²) >= 11 is 3.59. The van der Waals surface area contributed by atoms with Crippen LogP contribution in [0.15, 0.2) is 94.9 Å². The van der Waals surface area contributed by atoms with Gasteiger partial charge < -0.3 is 14.6 Å². The SMILES string of the molecule is C=CC[C@]1(C(=O)NNCc2ccc(F)cc2)N=C(c2ccc(OCCCO)cc2)O[C@H]1c1ccccc1Br. The van der Waals surface area contributed by atoms with Crippen molar-refractivity contribution in [1.82, 2.24) is 10.9 Å². The summed E-state index contributed by atoms with van der Waals surface area (Å²) < 4.78 is 26.0. The summed E-state index contributed by atoms with van der Waals surface area (Å²) in [5, 5.41) is 8.96. The molecule has 0 radical (unpaired) electrons. The molecule has 0 fully saturated rings. The molecule has 4 rings (SSSR count). The Bertz CT molecular complexity index is 1280. The van der Waals surface area contributed by atoms with Gasteiger partial charge in [-0.3, -0.25) is 10.2 Å². The molecule has 0 bridgehead atoms. The summed E-state index contributed by atoms with van der Waals surface area (Å²) in [5.74, 6) is 0.263. The minimum absolute atomic E-state index is 0.0609. The van der Waals surface area contributed by atoms with Crippen molar-refractivity contribution in [2.24, 2.45) is 4.99 Å². The molecule has 9 heteroatoms. The van der Waals surface area contributed by atoms with Crippen molar-refractivity contribution in [3.05, 3.63) is 112 Å². The number of halogens is 2. The number of benzene rings is 3. The number of nitrogens with zero attached hydrogens (tertiary/aromatic N) is 1. The standard InChI is InChI=1S/C29H29BrFN3O4/c1-2-16-29(28(36)34-32-19-20-8-12-22(31)13-9-20)26(24-6-3-4-7-25(24)30)38-27(33-29)21-10-14-23(15-11-21)37-18-5-17-35/h2-4,6-15,26,32,35H,1,5,16-19H2,(H,34,36)/t26-,29-/m0/s1. The van der Waals surface area contributed by atoms with Gasteiger partial charge in [0, 0.05) is 41.6 Å². The highest BCUT2D eigenvalue weighted by Gasteiger charge is 2.53. The molecule has 1 amide bonds. The van der Waals surface area contributed by atoms with Gasteiger partial charge in [0.1, 0.15) is 11.6 Å². The van der Waals surface area contributed by atoms with E-state index in [-0.39, 0.29) is 24.8 Å². The number of hydrogen-bond donors (Lipinski definition) is 3. The first-order valence-corrected chi connectivity index (χ1v) is 13.0. The molecular weight excluding hydrogens is 553 g/mol. The third-order valence-electron chi connectivity index (χ3n) is 6.08. The number of nitrogens with one attached hydrogen (secondary N) is 2. The second-order valence-electron chi connectivity index (χ2n) is 8.74. The number of carbonyl (C=O) groups is 1. The lowest BCUT2D eigenvalue weighted by Crippen LogP contribution is -2.52. The summed E-state index contributed by atoms with van der Waals surface area (Å²) in [6.45, 7) is 4.64. The normalized spacial score (nSPS) is 18.4. The largest absolute Gasteiger partial charge is 0.494 e. The zero-order chi connectivity index (χ0) is 27.0. The number of hydrogen-bond acceptors (Lipinski definition) is 6. The summed E-state index contributed by atoms with van der Waals surface area (Å²) in [5.41, 5.74) is 6.62. The maximum absolute atomic E-state index is 13.8. The molecular formula is C29H29BrFN3O4. The molecule has 3 aromatic rings. The first kappa shape index (κ1) is 27.5. The number of hydrazine groups is 1. The Hall–Kier alpha value is -3.53. The van der Waals surface area contributed by atoms with E-state index in [1.165, 1.54) is 12.1 Å². The Morgan fingerprint density at radius 3 is 2.58 bits per heavy atom. The predicted molar refractivity (Wildman–Crippen MR) is 147 cm³/mol. The quantitative estimate of drug-likeness (QED) is 0.159. The molecule has 198 valence electrons. The smallest absolute Gasteiger partial charge is 0.266 e. The van der Waals surface area contributed by atoms with Crippen LogP contribution in [0, 0.1) is 5.82 Å². The Morgan fingerprint density at radius 1 is 1.16 bits per heavy atom. The molecule has 0 aromatic heterocycles. The van der Waals surface area contributed by atoms with Crippen LogP contribution in [0.25, 0.3) is 0 Å². The summed E-state index contributed by atoms with van der Waals surface area (Å²) in [6, 6.07) is 20.8. The number of ether oxygens (including phenoxy) is 2. The van der Waals surface area contributed by atoms with Crippen LogP contribution in [-0.2, 0) is 16.1 Å². The second kappa shape index (κ2) is 12.8. The van der Waals surface area contributed by atoms with Crippen molar-refractivity contribution in [1.29, 1.82) is 0 Å². The number of aliphatic hydroxyl groups is 1. The monoisotopic (exact) mass is 581 g/mol. The summed E-state index contributed by atoms with van der Waals surface area (Å²) in [6.07, 6.45) is 1.67. The van der Waals surface area contributed by atoms with E-state index in [9.17, 15) is 9.18 Å². The summed E-state index contributed by atoms with van der Waals surface area (Å²) in [4.78, 5) is 18.6. The average molecular weight is 582 g/mol. The van der Waals surface area contributed by atoms with Gasteiger partial charge >= 0.3 is 0 Å². The predicted octanol–water partition coefficient (Wildman–Crippen LogP) is 5.00. The Kier molecular flexibility index (Phi) is 9.28. The van der Waals surface area contributed by atoms with E-state index in [0.29, 0.717) is 36.8 Å². The minimum Gasteiger partial charge on any atom is -0.494 e. The van der Waals surface area contributed by atoms with Gasteiger partial charge in [0.05, 0.1) is 6.61 Å². The van der Waals surface area contributed by atoms with E-state index in [0.717, 1.165) is 15.6 Å². The highest BCUT2D eigenvalue weighted by Crippen LogP contribution is 2.44. The Labute approximate surface area is 229 Å². The molecule has 0 saturated carbocycles. The number of amides is 1. The molecule has 0 aliphatic carbocycles. The lowest BCUT2D eigenvalue weighted by Gasteiger charge is -2.30. The third-order valence-corrected chi connectivity index (χ3v) is 6.80. The molecule has 3 N–H and O–H groups in total. The average Bonchev–Trinajstić information content (AvgIpc) is 3.31. The Balaban J connectivity index is 1.62. The zero-order valence-electron chi connectivity index (χ0n) is 20.7. The van der Waals surface area contributed by atoms with Gasteiger partial charge in [-0.1, -0.05) is 52.3 Å². The zero-order valence-corrected chi connectivity index (χ0v) is 22.3. The van der Waals surface area contributed by atoms with Crippen LogP contribution >= 0.6 is 15.9 Å². The molecule has 0 saturated heterocycles. The van der Waals surface area contributed by atoms with Crippen LogP contribution < -0.4 is 15.6 Å². The van der Waals surface area contributed by atoms with Crippen LogP contribution in [0.5, 0.6) is 5.75 Å². The van der Waals surface area contributed by atoms with E-state index >= 15 is 0 Å². The maximum Gasteiger partial charge on any atom is 0.266 e. The fourth-order valence-electron chi connectivity index (χ4n) is 4.14. The van der Waals surface area contributed by atoms with E-state index in [4.69, 9.17) is 19.6 Å².